The number of halogens is 4. The average molecular weight is 477 g/mol. The highest BCUT2D eigenvalue weighted by Gasteiger charge is 2.40. The van der Waals surface area contributed by atoms with Crippen LogP contribution in [0.25, 0.3) is 11.3 Å². The fourth-order valence-electron chi connectivity index (χ4n) is 3.15. The van der Waals surface area contributed by atoms with Crippen LogP contribution in [0.5, 0.6) is 0 Å². The van der Waals surface area contributed by atoms with Crippen LogP contribution in [0, 0.1) is 24.0 Å². The first-order valence-corrected chi connectivity index (χ1v) is 10.2. The fraction of sp³-hybridized carbons (Fsp3) is 0.304. The highest BCUT2D eigenvalue weighted by molar-refractivity contribution is 5.99. The summed E-state index contributed by atoms with van der Waals surface area (Å²) in [6, 6.07) is 5.95. The van der Waals surface area contributed by atoms with Gasteiger partial charge >= 0.3 is 0 Å². The maximum atomic E-state index is 14.2. The molecule has 0 saturated heterocycles. The minimum Gasteiger partial charge on any atom is -0.327 e. The number of aromatic nitrogens is 3. The molecule has 1 atom stereocenters. The summed E-state index contributed by atoms with van der Waals surface area (Å²) in [5.74, 6) is -4.08. The summed E-state index contributed by atoms with van der Waals surface area (Å²) in [5, 5.41) is 2.18. The van der Waals surface area contributed by atoms with Gasteiger partial charge in [0.1, 0.15) is 0 Å². The van der Waals surface area contributed by atoms with Crippen LogP contribution in [0.2, 0.25) is 0 Å². The largest absolute Gasteiger partial charge is 0.327 e. The van der Waals surface area contributed by atoms with Crippen LogP contribution >= 0.6 is 0 Å². The normalized spacial score (nSPS) is 12.5. The molecule has 2 N–H and O–H groups in total. The van der Waals surface area contributed by atoms with Crippen molar-refractivity contribution in [2.24, 2.45) is 5.41 Å². The van der Waals surface area contributed by atoms with Crippen LogP contribution in [-0.2, 0) is 4.79 Å². The summed E-state index contributed by atoms with van der Waals surface area (Å²) >= 11 is 0. The van der Waals surface area contributed by atoms with Gasteiger partial charge in [0.05, 0.1) is 11.3 Å². The van der Waals surface area contributed by atoms with E-state index in [1.165, 1.54) is 51.4 Å². The lowest BCUT2D eigenvalue weighted by atomic mass is 9.94. The van der Waals surface area contributed by atoms with Gasteiger partial charge in [-0.1, -0.05) is 20.8 Å². The monoisotopic (exact) mass is 477 g/mol. The molecule has 0 radical (unpaired) electrons. The number of carbonyl (C=O) groups excluding carboxylic acids is 2. The number of aromatic amines is 1. The van der Waals surface area contributed by atoms with Crippen molar-refractivity contribution in [1.82, 2.24) is 20.3 Å². The van der Waals surface area contributed by atoms with Crippen molar-refractivity contribution in [3.63, 3.8) is 0 Å². The van der Waals surface area contributed by atoms with E-state index in [-0.39, 0.29) is 22.8 Å². The molecule has 1 aromatic carbocycles. The summed E-state index contributed by atoms with van der Waals surface area (Å²) < 4.78 is 55.6. The average Bonchev–Trinajstić information content (AvgIpc) is 3.15. The van der Waals surface area contributed by atoms with Crippen molar-refractivity contribution in [3.05, 3.63) is 65.6 Å². The Kier molecular flexibility index (Phi) is 7.04. The third-order valence-electron chi connectivity index (χ3n) is 4.87. The molecule has 2 heterocycles. The Hall–Kier alpha value is -3.76. The SMILES string of the molecule is Cc1[nH]c(N(C(=O)C(C)(C)C)C(NC(=O)c2cccnc2)C(F)F)nc1-c1ccc(F)c(F)c1. The van der Waals surface area contributed by atoms with E-state index in [4.69, 9.17) is 0 Å². The number of imidazole rings is 1. The van der Waals surface area contributed by atoms with Gasteiger partial charge in [0.15, 0.2) is 17.8 Å². The number of amides is 2. The number of benzene rings is 1. The van der Waals surface area contributed by atoms with Crippen LogP contribution in [0.15, 0.2) is 42.7 Å². The topological polar surface area (TPSA) is 91.0 Å². The van der Waals surface area contributed by atoms with E-state index in [2.05, 4.69) is 20.3 Å². The highest BCUT2D eigenvalue weighted by atomic mass is 19.3. The maximum absolute atomic E-state index is 14.2. The molecule has 0 bridgehead atoms. The van der Waals surface area contributed by atoms with Crippen molar-refractivity contribution in [2.45, 2.75) is 40.3 Å². The van der Waals surface area contributed by atoms with E-state index in [0.717, 1.165) is 12.1 Å². The van der Waals surface area contributed by atoms with Gasteiger partial charge in [-0.05, 0) is 37.3 Å². The molecule has 0 aliphatic heterocycles. The van der Waals surface area contributed by atoms with Gasteiger partial charge in [-0.15, -0.1) is 0 Å². The van der Waals surface area contributed by atoms with Crippen molar-refractivity contribution in [1.29, 1.82) is 0 Å². The second kappa shape index (κ2) is 9.62. The summed E-state index contributed by atoms with van der Waals surface area (Å²) in [7, 11) is 0. The van der Waals surface area contributed by atoms with E-state index in [1.54, 1.807) is 6.92 Å². The van der Waals surface area contributed by atoms with Crippen LogP contribution < -0.4 is 10.2 Å². The van der Waals surface area contributed by atoms with Crippen molar-refractivity contribution in [3.8, 4) is 11.3 Å². The maximum Gasteiger partial charge on any atom is 0.277 e. The zero-order chi connectivity index (χ0) is 25.2. The summed E-state index contributed by atoms with van der Waals surface area (Å²) in [6.07, 6.45) is -2.65. The molecule has 11 heteroatoms. The number of rotatable bonds is 6. The molecule has 2 aromatic heterocycles. The van der Waals surface area contributed by atoms with E-state index in [0.29, 0.717) is 10.6 Å². The third-order valence-corrected chi connectivity index (χ3v) is 4.87. The quantitative estimate of drug-likeness (QED) is 0.405. The third kappa shape index (κ3) is 5.24. The molecule has 0 saturated carbocycles. The van der Waals surface area contributed by atoms with Gasteiger partial charge in [0.2, 0.25) is 11.9 Å². The van der Waals surface area contributed by atoms with Gasteiger partial charge in [0, 0.05) is 29.1 Å². The molecule has 0 spiro atoms. The highest BCUT2D eigenvalue weighted by Crippen LogP contribution is 2.30. The van der Waals surface area contributed by atoms with Gasteiger partial charge < -0.3 is 10.3 Å². The van der Waals surface area contributed by atoms with Gasteiger partial charge in [0.25, 0.3) is 12.3 Å². The van der Waals surface area contributed by atoms with E-state index < -0.39 is 41.5 Å². The number of hydrogen-bond donors (Lipinski definition) is 2. The van der Waals surface area contributed by atoms with Crippen molar-refractivity contribution < 1.29 is 27.2 Å². The summed E-state index contributed by atoms with van der Waals surface area (Å²) in [5.41, 5.74) is -0.481. The number of hydrogen-bond acceptors (Lipinski definition) is 4. The smallest absolute Gasteiger partial charge is 0.277 e. The van der Waals surface area contributed by atoms with Gasteiger partial charge in [-0.3, -0.25) is 19.5 Å². The zero-order valence-corrected chi connectivity index (χ0v) is 18.9. The molecule has 0 aliphatic rings. The van der Waals surface area contributed by atoms with E-state index >= 15 is 0 Å². The Morgan fingerprint density at radius 3 is 2.38 bits per heavy atom. The molecular weight excluding hydrogens is 454 g/mol. The molecule has 1 unspecified atom stereocenters. The minimum absolute atomic E-state index is 0.0226. The van der Waals surface area contributed by atoms with Crippen molar-refractivity contribution >= 4 is 17.8 Å². The van der Waals surface area contributed by atoms with Crippen LogP contribution in [-0.4, -0.2) is 39.4 Å². The predicted molar refractivity (Wildman–Crippen MR) is 117 cm³/mol. The second-order valence-corrected chi connectivity index (χ2v) is 8.58. The molecule has 3 rings (SSSR count). The fourth-order valence-corrected chi connectivity index (χ4v) is 3.15. The lowest BCUT2D eigenvalue weighted by molar-refractivity contribution is -0.127. The molecule has 0 fully saturated rings. The molecule has 2 amide bonds. The molecular formula is C23H23F4N5O2. The summed E-state index contributed by atoms with van der Waals surface area (Å²) in [6.45, 7) is 6.12. The van der Waals surface area contributed by atoms with E-state index in [1.807, 2.05) is 0 Å². The molecule has 7 nitrogen and oxygen atoms in total. The number of aryl methyl sites for hydroxylation is 1. The standard InChI is InChI=1S/C23H23F4N5O2/c1-12-17(13-7-8-15(24)16(25)10-13)30-22(29-12)32(21(34)23(2,3)4)19(18(26)27)31-20(33)14-6-5-9-28-11-14/h5-11,18-19H,1-4H3,(H,29,30)(H,31,33). The number of anilines is 1. The van der Waals surface area contributed by atoms with Gasteiger partial charge in [-0.25, -0.2) is 22.5 Å². The number of alkyl halides is 2. The second-order valence-electron chi connectivity index (χ2n) is 8.58. The number of carbonyl (C=O) groups is 2. The van der Waals surface area contributed by atoms with Crippen LogP contribution in [0.4, 0.5) is 23.5 Å². The Bertz CT molecular complexity index is 1190. The molecule has 180 valence electrons. The molecule has 34 heavy (non-hydrogen) atoms. The van der Waals surface area contributed by atoms with Crippen molar-refractivity contribution in [2.75, 3.05) is 4.90 Å². The zero-order valence-electron chi connectivity index (χ0n) is 18.9. The Morgan fingerprint density at radius 2 is 1.82 bits per heavy atom. The first-order chi connectivity index (χ1) is 15.9. The Balaban J connectivity index is 2.07. The number of nitrogens with zero attached hydrogens (tertiary/aromatic N) is 3. The van der Waals surface area contributed by atoms with E-state index in [9.17, 15) is 27.2 Å². The Labute approximate surface area is 193 Å². The number of H-pyrrole nitrogens is 1. The first-order valence-electron chi connectivity index (χ1n) is 10.2. The lowest BCUT2D eigenvalue weighted by Crippen LogP contribution is -2.58. The Morgan fingerprint density at radius 1 is 1.12 bits per heavy atom. The lowest BCUT2D eigenvalue weighted by Gasteiger charge is -2.34. The van der Waals surface area contributed by atoms with Gasteiger partial charge in [-0.2, -0.15) is 0 Å². The number of pyridine rings is 1. The molecule has 0 aliphatic carbocycles. The van der Waals surface area contributed by atoms with Crippen LogP contribution in [0.3, 0.4) is 0 Å². The number of nitrogens with one attached hydrogen (secondary N) is 2. The molecule has 3 aromatic rings. The minimum atomic E-state index is -3.19. The van der Waals surface area contributed by atoms with Crippen LogP contribution in [0.1, 0.15) is 36.8 Å². The summed E-state index contributed by atoms with van der Waals surface area (Å²) in [4.78, 5) is 37.3. The first kappa shape index (κ1) is 24.9. The predicted octanol–water partition coefficient (Wildman–Crippen LogP) is 4.46.